The Kier molecular flexibility index (Phi) is 5.66. The number of carbonyl (C=O) groups is 3. The minimum Gasteiger partial charge on any atom is -0.497 e. The number of carbonyl (C=O) groups excluding carboxylic acids is 3. The minimum atomic E-state index is -1.61. The fourth-order valence-electron chi connectivity index (χ4n) is 3.10. The first-order chi connectivity index (χ1) is 11.9. The second-order valence-electron chi connectivity index (χ2n) is 5.65. The van der Waals surface area contributed by atoms with Crippen molar-refractivity contribution in [3.63, 3.8) is 0 Å². The summed E-state index contributed by atoms with van der Waals surface area (Å²) >= 11 is 0. The molecule has 0 aliphatic carbocycles. The average molecular weight is 349 g/mol. The van der Waals surface area contributed by atoms with Gasteiger partial charge in [-0.05, 0) is 38.5 Å². The SMILES string of the molecule is CCOC(=O)C1(C(=O)OCC)CCN(C(C)=O)c2ccc(OC)cc21. The van der Waals surface area contributed by atoms with Crippen LogP contribution in [0.1, 0.15) is 32.8 Å². The molecule has 0 aromatic heterocycles. The molecular formula is C18H23NO6. The highest BCUT2D eigenvalue weighted by Gasteiger charge is 2.54. The van der Waals surface area contributed by atoms with Crippen molar-refractivity contribution in [3.05, 3.63) is 23.8 Å². The first-order valence-corrected chi connectivity index (χ1v) is 8.23. The smallest absolute Gasteiger partial charge is 0.328 e. The Morgan fingerprint density at radius 1 is 1.12 bits per heavy atom. The highest BCUT2D eigenvalue weighted by atomic mass is 16.6. The lowest BCUT2D eigenvalue weighted by atomic mass is 9.73. The Balaban J connectivity index is 2.71. The molecule has 136 valence electrons. The van der Waals surface area contributed by atoms with Crippen molar-refractivity contribution in [2.24, 2.45) is 0 Å². The first kappa shape index (κ1) is 18.8. The summed E-state index contributed by atoms with van der Waals surface area (Å²) in [5, 5.41) is 0. The van der Waals surface area contributed by atoms with E-state index in [2.05, 4.69) is 0 Å². The molecule has 0 bridgehead atoms. The van der Waals surface area contributed by atoms with Crippen LogP contribution in [0.15, 0.2) is 18.2 Å². The first-order valence-electron chi connectivity index (χ1n) is 8.23. The molecule has 0 saturated carbocycles. The quantitative estimate of drug-likeness (QED) is 0.596. The Morgan fingerprint density at radius 3 is 2.20 bits per heavy atom. The van der Waals surface area contributed by atoms with Crippen molar-refractivity contribution in [1.82, 2.24) is 0 Å². The van der Waals surface area contributed by atoms with E-state index in [-0.39, 0.29) is 32.1 Å². The van der Waals surface area contributed by atoms with Gasteiger partial charge in [0.1, 0.15) is 5.75 Å². The molecule has 7 heteroatoms. The van der Waals surface area contributed by atoms with Crippen LogP contribution in [-0.4, -0.2) is 44.7 Å². The maximum absolute atomic E-state index is 12.8. The molecule has 25 heavy (non-hydrogen) atoms. The largest absolute Gasteiger partial charge is 0.497 e. The number of hydrogen-bond acceptors (Lipinski definition) is 6. The van der Waals surface area contributed by atoms with Gasteiger partial charge in [0.25, 0.3) is 0 Å². The highest BCUT2D eigenvalue weighted by molar-refractivity contribution is 6.10. The fraction of sp³-hybridized carbons (Fsp3) is 0.500. The molecule has 1 aromatic rings. The van der Waals surface area contributed by atoms with Crippen LogP contribution >= 0.6 is 0 Å². The summed E-state index contributed by atoms with van der Waals surface area (Å²) in [6.45, 7) is 5.27. The third-order valence-corrected chi connectivity index (χ3v) is 4.29. The average Bonchev–Trinajstić information content (AvgIpc) is 2.60. The van der Waals surface area contributed by atoms with Gasteiger partial charge in [-0.1, -0.05) is 0 Å². The molecule has 0 spiro atoms. The second-order valence-corrected chi connectivity index (χ2v) is 5.65. The Hall–Kier alpha value is -2.57. The standard InChI is InChI=1S/C18H23NO6/c1-5-24-16(21)18(17(22)25-6-2)9-10-19(12(3)20)15-8-7-13(23-4)11-14(15)18/h7-8,11H,5-6,9-10H2,1-4H3. The summed E-state index contributed by atoms with van der Waals surface area (Å²) in [6.07, 6.45) is 0.0877. The van der Waals surface area contributed by atoms with E-state index in [0.29, 0.717) is 17.0 Å². The molecule has 0 unspecified atom stereocenters. The molecule has 0 saturated heterocycles. The van der Waals surface area contributed by atoms with Crippen molar-refractivity contribution >= 4 is 23.5 Å². The Labute approximate surface area is 146 Å². The monoisotopic (exact) mass is 349 g/mol. The van der Waals surface area contributed by atoms with Gasteiger partial charge in [-0.25, -0.2) is 0 Å². The zero-order valence-corrected chi connectivity index (χ0v) is 15.0. The van der Waals surface area contributed by atoms with E-state index in [1.165, 1.54) is 18.9 Å². The number of nitrogens with zero attached hydrogens (tertiary/aromatic N) is 1. The summed E-state index contributed by atoms with van der Waals surface area (Å²) in [5.41, 5.74) is -0.757. The van der Waals surface area contributed by atoms with Gasteiger partial charge in [-0.3, -0.25) is 14.4 Å². The Bertz CT molecular complexity index is 666. The van der Waals surface area contributed by atoms with Crippen molar-refractivity contribution in [2.45, 2.75) is 32.6 Å². The normalized spacial score (nSPS) is 15.1. The van der Waals surface area contributed by atoms with Crippen LogP contribution in [-0.2, 0) is 29.3 Å². The van der Waals surface area contributed by atoms with Crippen molar-refractivity contribution < 1.29 is 28.6 Å². The number of fused-ring (bicyclic) bond motifs is 1. The molecule has 2 rings (SSSR count). The number of methoxy groups -OCH3 is 1. The molecule has 0 fully saturated rings. The maximum Gasteiger partial charge on any atom is 0.328 e. The zero-order valence-electron chi connectivity index (χ0n) is 15.0. The molecule has 7 nitrogen and oxygen atoms in total. The second kappa shape index (κ2) is 7.55. The molecule has 1 heterocycles. The van der Waals surface area contributed by atoms with E-state index in [0.717, 1.165) is 0 Å². The van der Waals surface area contributed by atoms with E-state index in [1.807, 2.05) is 0 Å². The molecule has 1 aliphatic heterocycles. The fourth-order valence-corrected chi connectivity index (χ4v) is 3.10. The number of anilines is 1. The van der Waals surface area contributed by atoms with Gasteiger partial charge in [-0.2, -0.15) is 0 Å². The summed E-state index contributed by atoms with van der Waals surface area (Å²) < 4.78 is 15.6. The molecule has 1 aliphatic rings. The van der Waals surface area contributed by atoms with E-state index in [1.54, 1.807) is 32.0 Å². The van der Waals surface area contributed by atoms with Crippen molar-refractivity contribution in [3.8, 4) is 5.75 Å². The van der Waals surface area contributed by atoms with E-state index < -0.39 is 17.4 Å². The van der Waals surface area contributed by atoms with E-state index in [4.69, 9.17) is 14.2 Å². The lowest BCUT2D eigenvalue weighted by molar-refractivity contribution is -0.165. The minimum absolute atomic E-state index is 0.0877. The van der Waals surface area contributed by atoms with E-state index >= 15 is 0 Å². The molecule has 0 radical (unpaired) electrons. The van der Waals surface area contributed by atoms with Gasteiger partial charge in [0.2, 0.25) is 5.91 Å². The van der Waals surface area contributed by atoms with Gasteiger partial charge < -0.3 is 19.1 Å². The Morgan fingerprint density at radius 2 is 1.72 bits per heavy atom. The lowest BCUT2D eigenvalue weighted by Crippen LogP contribution is -2.53. The van der Waals surface area contributed by atoms with Crippen LogP contribution in [0.5, 0.6) is 5.75 Å². The van der Waals surface area contributed by atoms with Crippen molar-refractivity contribution in [2.75, 3.05) is 31.8 Å². The number of rotatable bonds is 5. The van der Waals surface area contributed by atoms with Gasteiger partial charge >= 0.3 is 11.9 Å². The number of ether oxygens (including phenoxy) is 3. The lowest BCUT2D eigenvalue weighted by Gasteiger charge is -2.39. The van der Waals surface area contributed by atoms with Crippen LogP contribution < -0.4 is 9.64 Å². The third kappa shape index (κ3) is 3.18. The third-order valence-electron chi connectivity index (χ3n) is 4.29. The summed E-state index contributed by atoms with van der Waals surface area (Å²) in [4.78, 5) is 39.1. The highest BCUT2D eigenvalue weighted by Crippen LogP contribution is 2.43. The molecule has 1 aromatic carbocycles. The number of benzene rings is 1. The predicted molar refractivity (Wildman–Crippen MR) is 90.6 cm³/mol. The maximum atomic E-state index is 12.8. The van der Waals surface area contributed by atoms with Gasteiger partial charge in [-0.15, -0.1) is 0 Å². The van der Waals surface area contributed by atoms with Gasteiger partial charge in [0.05, 0.1) is 20.3 Å². The molecule has 0 atom stereocenters. The topological polar surface area (TPSA) is 82.1 Å². The van der Waals surface area contributed by atoms with Crippen LogP contribution in [0.25, 0.3) is 0 Å². The van der Waals surface area contributed by atoms with Crippen LogP contribution in [0.2, 0.25) is 0 Å². The van der Waals surface area contributed by atoms with Crippen LogP contribution in [0.3, 0.4) is 0 Å². The molecular weight excluding hydrogens is 326 g/mol. The number of esters is 2. The predicted octanol–water partition coefficient (Wildman–Crippen LogP) is 1.82. The molecule has 0 N–H and O–H groups in total. The number of hydrogen-bond donors (Lipinski definition) is 0. The summed E-state index contributed by atoms with van der Waals surface area (Å²) in [5.74, 6) is -1.05. The molecule has 1 amide bonds. The summed E-state index contributed by atoms with van der Waals surface area (Å²) in [7, 11) is 1.49. The van der Waals surface area contributed by atoms with Gasteiger partial charge in [0.15, 0.2) is 5.41 Å². The zero-order chi connectivity index (χ0) is 18.6. The van der Waals surface area contributed by atoms with E-state index in [9.17, 15) is 14.4 Å². The van der Waals surface area contributed by atoms with Crippen LogP contribution in [0.4, 0.5) is 5.69 Å². The van der Waals surface area contributed by atoms with Gasteiger partial charge in [0, 0.05) is 24.7 Å². The number of amides is 1. The van der Waals surface area contributed by atoms with Crippen LogP contribution in [0, 0.1) is 0 Å². The van der Waals surface area contributed by atoms with Crippen molar-refractivity contribution in [1.29, 1.82) is 0 Å². The summed E-state index contributed by atoms with van der Waals surface area (Å²) in [6, 6.07) is 4.95.